The smallest absolute Gasteiger partial charge is 0.167 e. The highest BCUT2D eigenvalue weighted by Crippen LogP contribution is 2.36. The third-order valence-electron chi connectivity index (χ3n) is 4.07. The molecule has 3 heterocycles. The number of hydrogen-bond acceptors (Lipinski definition) is 10. The average Bonchev–Trinajstić information content (AvgIpc) is 3.17. The van der Waals surface area contributed by atoms with Crippen molar-refractivity contribution in [2.24, 2.45) is 11.5 Å². The lowest BCUT2D eigenvalue weighted by Crippen LogP contribution is -2.35. The van der Waals surface area contributed by atoms with Crippen molar-refractivity contribution < 1.29 is 14.9 Å². The summed E-state index contributed by atoms with van der Waals surface area (Å²) in [5.74, 6) is 0.273. The monoisotopic (exact) mass is 385 g/mol. The van der Waals surface area contributed by atoms with Crippen LogP contribution in [0.3, 0.4) is 0 Å². The zero-order chi connectivity index (χ0) is 19.3. The fourth-order valence-electron chi connectivity index (χ4n) is 2.66. The van der Waals surface area contributed by atoms with E-state index in [-0.39, 0.29) is 5.82 Å². The van der Waals surface area contributed by atoms with E-state index in [1.54, 1.807) is 11.5 Å². The topological polar surface area (TPSA) is 171 Å². The summed E-state index contributed by atoms with van der Waals surface area (Å²) in [6.07, 6.45) is 1.99. The van der Waals surface area contributed by atoms with Gasteiger partial charge in [-0.2, -0.15) is 12.6 Å². The van der Waals surface area contributed by atoms with Crippen molar-refractivity contribution in [2.75, 3.05) is 18.8 Å². The Morgan fingerprint density at radius 1 is 1.27 bits per heavy atom. The molecule has 1 aliphatic rings. The number of ether oxygens (including phenoxy) is 1. The maximum Gasteiger partial charge on any atom is 0.167 e. The Kier molecular flexibility index (Phi) is 7.55. The van der Waals surface area contributed by atoms with Crippen LogP contribution in [0.1, 0.15) is 26.0 Å². The number of rotatable bonds is 5. The van der Waals surface area contributed by atoms with Gasteiger partial charge in [0.25, 0.3) is 0 Å². The van der Waals surface area contributed by atoms with E-state index in [2.05, 4.69) is 27.6 Å². The molecule has 0 spiro atoms. The molecule has 1 unspecified atom stereocenters. The molecule has 2 aromatic rings. The van der Waals surface area contributed by atoms with Gasteiger partial charge in [-0.1, -0.05) is 0 Å². The Bertz CT molecular complexity index is 695. The van der Waals surface area contributed by atoms with Crippen LogP contribution in [0, 0.1) is 0 Å². The zero-order valence-electron chi connectivity index (χ0n) is 14.6. The van der Waals surface area contributed by atoms with Gasteiger partial charge in [-0.05, 0) is 32.9 Å². The molecule has 26 heavy (non-hydrogen) atoms. The van der Waals surface area contributed by atoms with Crippen molar-refractivity contribution in [2.45, 2.75) is 49.6 Å². The van der Waals surface area contributed by atoms with Gasteiger partial charge in [-0.25, -0.2) is 15.0 Å². The van der Waals surface area contributed by atoms with Crippen LogP contribution in [0.5, 0.6) is 0 Å². The number of thiol groups is 1. The molecule has 0 aliphatic carbocycles. The van der Waals surface area contributed by atoms with Gasteiger partial charge in [0.15, 0.2) is 17.7 Å². The first-order chi connectivity index (χ1) is 12.4. The molecule has 146 valence electrons. The van der Waals surface area contributed by atoms with E-state index in [9.17, 15) is 10.2 Å². The predicted molar refractivity (Wildman–Crippen MR) is 101 cm³/mol. The number of aliphatic hydroxyl groups is 2. The lowest BCUT2D eigenvalue weighted by molar-refractivity contribution is -0.0749. The first-order valence-electron chi connectivity index (χ1n) is 8.45. The number of imidazole rings is 1. The first-order valence-corrected chi connectivity index (χ1v) is 8.96. The number of aliphatic hydroxyl groups excluding tert-OH is 2. The Morgan fingerprint density at radius 3 is 2.46 bits per heavy atom. The van der Waals surface area contributed by atoms with Crippen molar-refractivity contribution in [3.63, 3.8) is 0 Å². The van der Waals surface area contributed by atoms with Crippen molar-refractivity contribution in [1.82, 2.24) is 19.5 Å². The van der Waals surface area contributed by atoms with Crippen LogP contribution < -0.4 is 17.2 Å². The molecule has 0 saturated carbocycles. The summed E-state index contributed by atoms with van der Waals surface area (Å²) in [4.78, 5) is 12.1. The van der Waals surface area contributed by atoms with Gasteiger partial charge in [-0.15, -0.1) is 0 Å². The van der Waals surface area contributed by atoms with Crippen LogP contribution >= 0.6 is 12.6 Å². The van der Waals surface area contributed by atoms with Gasteiger partial charge < -0.3 is 32.2 Å². The fraction of sp³-hybridized carbons (Fsp3) is 0.667. The van der Waals surface area contributed by atoms with Crippen LogP contribution in [0.25, 0.3) is 11.2 Å². The molecule has 8 N–H and O–H groups in total. The van der Waals surface area contributed by atoms with E-state index in [1.165, 1.54) is 12.7 Å². The Balaban J connectivity index is 0.000000352. The number of aromatic nitrogens is 4. The van der Waals surface area contributed by atoms with Crippen LogP contribution in [-0.2, 0) is 4.74 Å². The minimum absolute atomic E-state index is 0.273. The minimum atomic E-state index is -0.889. The molecule has 1 fully saturated rings. The molecular weight excluding hydrogens is 358 g/mol. The van der Waals surface area contributed by atoms with Gasteiger partial charge in [-0.3, -0.25) is 4.57 Å². The first kappa shape index (κ1) is 20.8. The van der Waals surface area contributed by atoms with E-state index in [0.29, 0.717) is 11.2 Å². The van der Waals surface area contributed by atoms with Crippen molar-refractivity contribution >= 4 is 29.6 Å². The summed E-state index contributed by atoms with van der Waals surface area (Å²) in [7, 11) is 0. The third-order valence-corrected chi connectivity index (χ3v) is 4.63. The Labute approximate surface area is 157 Å². The number of unbranched alkanes of at least 4 members (excludes halogenated alkanes) is 1. The molecular formula is C15H27N7O3S. The minimum Gasteiger partial charge on any atom is -0.391 e. The van der Waals surface area contributed by atoms with Crippen LogP contribution in [0.15, 0.2) is 12.7 Å². The van der Waals surface area contributed by atoms with E-state index in [4.69, 9.17) is 21.9 Å². The summed E-state index contributed by atoms with van der Waals surface area (Å²) in [5, 5.41) is 19.2. The SMILES string of the molecule is CC(O)[C@H]1O[C@@H](n2cnc3c(N)ncnc32)[C@H](S)[C@@H]1O.NCCCCN. The molecule has 3 rings (SSSR count). The average molecular weight is 385 g/mol. The highest BCUT2D eigenvalue weighted by Gasteiger charge is 2.45. The second-order valence-corrected chi connectivity index (χ2v) is 6.68. The summed E-state index contributed by atoms with van der Waals surface area (Å²) >= 11 is 4.36. The molecule has 10 nitrogen and oxygen atoms in total. The predicted octanol–water partition coefficient (Wildman–Crippen LogP) is -0.970. The summed E-state index contributed by atoms with van der Waals surface area (Å²) < 4.78 is 7.32. The quantitative estimate of drug-likeness (QED) is 0.280. The van der Waals surface area contributed by atoms with E-state index < -0.39 is 29.8 Å². The zero-order valence-corrected chi connectivity index (χ0v) is 15.5. The van der Waals surface area contributed by atoms with E-state index >= 15 is 0 Å². The van der Waals surface area contributed by atoms with Crippen LogP contribution in [0.4, 0.5) is 5.82 Å². The van der Waals surface area contributed by atoms with Crippen molar-refractivity contribution in [1.29, 1.82) is 0 Å². The standard InChI is InChI=1S/C11H15N5O3S.C4H12N2/c1-4(17)7-6(18)8(20)11(19-7)16-3-15-5-9(12)13-2-14-10(5)16;5-3-1-2-4-6/h2-4,6-8,11,17-18,20H,1H3,(H2,12,13,14);1-6H2/t4?,6-,7-,8-,11-;/m1./s1. The largest absolute Gasteiger partial charge is 0.391 e. The van der Waals surface area contributed by atoms with Gasteiger partial charge in [0.2, 0.25) is 0 Å². The molecule has 1 aliphatic heterocycles. The Hall–Kier alpha value is -1.50. The maximum atomic E-state index is 10.1. The molecule has 0 amide bonds. The number of nitrogen functional groups attached to an aromatic ring is 1. The normalized spacial score (nSPS) is 26.5. The molecule has 11 heteroatoms. The molecule has 2 aromatic heterocycles. The second kappa shape index (κ2) is 9.44. The van der Waals surface area contributed by atoms with Gasteiger partial charge in [0.05, 0.1) is 23.8 Å². The van der Waals surface area contributed by atoms with Gasteiger partial charge in [0.1, 0.15) is 17.9 Å². The fourth-order valence-corrected chi connectivity index (χ4v) is 3.04. The lowest BCUT2D eigenvalue weighted by Gasteiger charge is -2.17. The molecule has 0 bridgehead atoms. The Morgan fingerprint density at radius 2 is 1.92 bits per heavy atom. The number of nitrogens with two attached hydrogens (primary N) is 3. The molecule has 0 radical (unpaired) electrons. The van der Waals surface area contributed by atoms with Crippen LogP contribution in [-0.4, -0.2) is 66.4 Å². The van der Waals surface area contributed by atoms with E-state index in [0.717, 1.165) is 25.9 Å². The highest BCUT2D eigenvalue weighted by atomic mass is 32.1. The number of hydrogen-bond donors (Lipinski definition) is 6. The summed E-state index contributed by atoms with van der Waals surface area (Å²) in [6.45, 7) is 3.11. The van der Waals surface area contributed by atoms with E-state index in [1.807, 2.05) is 0 Å². The number of fused-ring (bicyclic) bond motifs is 1. The number of anilines is 1. The summed E-state index contributed by atoms with van der Waals surface area (Å²) in [5.41, 5.74) is 17.0. The third kappa shape index (κ3) is 4.42. The van der Waals surface area contributed by atoms with Gasteiger partial charge in [0, 0.05) is 0 Å². The molecule has 1 saturated heterocycles. The molecule has 0 aromatic carbocycles. The van der Waals surface area contributed by atoms with Crippen molar-refractivity contribution in [3.8, 4) is 0 Å². The molecule has 5 atom stereocenters. The summed E-state index contributed by atoms with van der Waals surface area (Å²) in [6, 6.07) is 0. The highest BCUT2D eigenvalue weighted by molar-refractivity contribution is 7.81. The lowest BCUT2D eigenvalue weighted by atomic mass is 10.1. The number of nitrogens with zero attached hydrogens (tertiary/aromatic N) is 4. The van der Waals surface area contributed by atoms with Crippen LogP contribution in [0.2, 0.25) is 0 Å². The van der Waals surface area contributed by atoms with Gasteiger partial charge >= 0.3 is 0 Å². The second-order valence-electron chi connectivity index (χ2n) is 6.08. The van der Waals surface area contributed by atoms with Crippen molar-refractivity contribution in [3.05, 3.63) is 12.7 Å². The maximum absolute atomic E-state index is 10.1.